The number of nitrogens with one attached hydrogen (secondary N) is 1. The number of aromatic nitrogens is 2. The van der Waals surface area contributed by atoms with Crippen molar-refractivity contribution in [3.05, 3.63) is 38.8 Å². The molecule has 0 fully saturated rings. The minimum absolute atomic E-state index is 0.210. The van der Waals surface area contributed by atoms with Gasteiger partial charge < -0.3 is 5.32 Å². The molecule has 0 saturated heterocycles. The van der Waals surface area contributed by atoms with Crippen LogP contribution in [0.1, 0.15) is 18.2 Å². The Bertz CT molecular complexity index is 614. The number of anilines is 1. The summed E-state index contributed by atoms with van der Waals surface area (Å²) in [4.78, 5) is 8.99. The van der Waals surface area contributed by atoms with E-state index >= 15 is 0 Å². The van der Waals surface area contributed by atoms with Gasteiger partial charge in [-0.05, 0) is 67.1 Å². The van der Waals surface area contributed by atoms with E-state index in [0.717, 1.165) is 27.2 Å². The summed E-state index contributed by atoms with van der Waals surface area (Å²) in [6, 6.07) is 4.93. The Morgan fingerprint density at radius 3 is 2.63 bits per heavy atom. The number of rotatable bonds is 3. The van der Waals surface area contributed by atoms with Gasteiger partial charge in [-0.3, -0.25) is 0 Å². The van der Waals surface area contributed by atoms with E-state index in [1.807, 2.05) is 13.8 Å². The van der Waals surface area contributed by atoms with Crippen molar-refractivity contribution in [3.63, 3.8) is 0 Å². The molecule has 2 aromatic rings. The smallest absolute Gasteiger partial charge is 0.161 e. The molecule has 3 nitrogen and oxygen atoms in total. The Labute approximate surface area is 125 Å². The van der Waals surface area contributed by atoms with Crippen molar-refractivity contribution in [2.45, 2.75) is 20.8 Å². The molecule has 0 spiro atoms. The third kappa shape index (κ3) is 3.02. The second-order valence-electron chi connectivity index (χ2n) is 4.29. The van der Waals surface area contributed by atoms with Gasteiger partial charge in [0.25, 0.3) is 0 Å². The van der Waals surface area contributed by atoms with Crippen molar-refractivity contribution in [2.75, 3.05) is 11.9 Å². The fourth-order valence-corrected chi connectivity index (χ4v) is 2.19. The van der Waals surface area contributed by atoms with Crippen molar-refractivity contribution >= 4 is 28.4 Å². The van der Waals surface area contributed by atoms with E-state index in [4.69, 9.17) is 0 Å². The maximum Gasteiger partial charge on any atom is 0.161 e. The van der Waals surface area contributed by atoms with Crippen molar-refractivity contribution < 1.29 is 4.39 Å². The second kappa shape index (κ2) is 5.81. The predicted octanol–water partition coefficient (Wildman–Crippen LogP) is 3.94. The zero-order valence-electron chi connectivity index (χ0n) is 11.1. The number of aryl methyl sites for hydroxylation is 2. The first kappa shape index (κ1) is 14.2. The van der Waals surface area contributed by atoms with Gasteiger partial charge in [0.05, 0.1) is 9.26 Å². The Balaban J connectivity index is 2.52. The average molecular weight is 371 g/mol. The zero-order chi connectivity index (χ0) is 14.0. The van der Waals surface area contributed by atoms with Crippen LogP contribution in [0.3, 0.4) is 0 Å². The van der Waals surface area contributed by atoms with E-state index in [1.165, 1.54) is 6.07 Å². The molecular formula is C14H15FIN3. The van der Waals surface area contributed by atoms with Crippen molar-refractivity contribution in [1.82, 2.24) is 9.97 Å². The topological polar surface area (TPSA) is 37.8 Å². The first-order chi connectivity index (χ1) is 9.02. The van der Waals surface area contributed by atoms with E-state index in [1.54, 1.807) is 19.1 Å². The van der Waals surface area contributed by atoms with Gasteiger partial charge in [0.2, 0.25) is 0 Å². The molecule has 0 saturated carbocycles. The molecular weight excluding hydrogens is 356 g/mol. The van der Waals surface area contributed by atoms with E-state index in [0.29, 0.717) is 11.4 Å². The third-order valence-electron chi connectivity index (χ3n) is 2.78. The standard InChI is InChI=1S/C14H15FIN3/c1-4-17-14-12(16)9(3)18-13(19-14)10-5-6-11(15)8(2)7-10/h5-7H,4H2,1-3H3,(H,17,18,19). The molecule has 100 valence electrons. The van der Waals surface area contributed by atoms with Gasteiger partial charge in [0.1, 0.15) is 11.6 Å². The highest BCUT2D eigenvalue weighted by Crippen LogP contribution is 2.24. The molecule has 19 heavy (non-hydrogen) atoms. The molecule has 0 aliphatic carbocycles. The fourth-order valence-electron chi connectivity index (χ4n) is 1.76. The van der Waals surface area contributed by atoms with Gasteiger partial charge >= 0.3 is 0 Å². The van der Waals surface area contributed by atoms with E-state index in [2.05, 4.69) is 37.9 Å². The number of benzene rings is 1. The molecule has 0 radical (unpaired) electrons. The Kier molecular flexibility index (Phi) is 4.34. The van der Waals surface area contributed by atoms with Crippen LogP contribution in [0.5, 0.6) is 0 Å². The van der Waals surface area contributed by atoms with E-state index in [-0.39, 0.29) is 5.82 Å². The number of hydrogen-bond donors (Lipinski definition) is 1. The molecule has 1 heterocycles. The maximum absolute atomic E-state index is 13.3. The van der Waals surface area contributed by atoms with Crippen LogP contribution in [-0.2, 0) is 0 Å². The molecule has 1 aromatic carbocycles. The largest absolute Gasteiger partial charge is 0.369 e. The minimum Gasteiger partial charge on any atom is -0.369 e. The summed E-state index contributed by atoms with van der Waals surface area (Å²) < 4.78 is 14.3. The van der Waals surface area contributed by atoms with Crippen molar-refractivity contribution in [2.24, 2.45) is 0 Å². The summed E-state index contributed by atoms with van der Waals surface area (Å²) in [6.45, 7) is 6.51. The maximum atomic E-state index is 13.3. The summed E-state index contributed by atoms with van der Waals surface area (Å²) in [5, 5.41) is 3.22. The summed E-state index contributed by atoms with van der Waals surface area (Å²) in [6.07, 6.45) is 0. The summed E-state index contributed by atoms with van der Waals surface area (Å²) in [5.74, 6) is 1.24. The Morgan fingerprint density at radius 1 is 1.26 bits per heavy atom. The van der Waals surface area contributed by atoms with Gasteiger partial charge in [0.15, 0.2) is 5.82 Å². The lowest BCUT2D eigenvalue weighted by Crippen LogP contribution is -2.06. The lowest BCUT2D eigenvalue weighted by atomic mass is 10.1. The molecule has 2 rings (SSSR count). The van der Waals surface area contributed by atoms with Gasteiger partial charge in [0, 0.05) is 12.1 Å². The lowest BCUT2D eigenvalue weighted by molar-refractivity contribution is 0.618. The molecule has 0 amide bonds. The second-order valence-corrected chi connectivity index (χ2v) is 5.37. The van der Waals surface area contributed by atoms with Crippen LogP contribution >= 0.6 is 22.6 Å². The van der Waals surface area contributed by atoms with E-state index in [9.17, 15) is 4.39 Å². The minimum atomic E-state index is -0.210. The summed E-state index contributed by atoms with van der Waals surface area (Å²) in [7, 11) is 0. The van der Waals surface area contributed by atoms with Gasteiger partial charge in [-0.1, -0.05) is 0 Å². The van der Waals surface area contributed by atoms with Gasteiger partial charge in [-0.15, -0.1) is 0 Å². The van der Waals surface area contributed by atoms with Crippen LogP contribution in [-0.4, -0.2) is 16.5 Å². The first-order valence-electron chi connectivity index (χ1n) is 6.07. The molecule has 5 heteroatoms. The normalized spacial score (nSPS) is 10.6. The monoisotopic (exact) mass is 371 g/mol. The average Bonchev–Trinajstić information content (AvgIpc) is 2.38. The molecule has 0 aliphatic rings. The van der Waals surface area contributed by atoms with Gasteiger partial charge in [-0.2, -0.15) is 0 Å². The quantitative estimate of drug-likeness (QED) is 0.831. The SMILES string of the molecule is CCNc1nc(-c2ccc(F)c(C)c2)nc(C)c1I. The predicted molar refractivity (Wildman–Crippen MR) is 83.8 cm³/mol. The van der Waals surface area contributed by atoms with E-state index < -0.39 is 0 Å². The summed E-state index contributed by atoms with van der Waals surface area (Å²) in [5.41, 5.74) is 2.35. The lowest BCUT2D eigenvalue weighted by Gasteiger charge is -2.10. The molecule has 0 unspecified atom stereocenters. The highest BCUT2D eigenvalue weighted by Gasteiger charge is 2.11. The van der Waals surface area contributed by atoms with Crippen molar-refractivity contribution in [1.29, 1.82) is 0 Å². The van der Waals surface area contributed by atoms with Crippen LogP contribution in [0.25, 0.3) is 11.4 Å². The fraction of sp³-hybridized carbons (Fsp3) is 0.286. The van der Waals surface area contributed by atoms with Crippen LogP contribution in [0.4, 0.5) is 10.2 Å². The van der Waals surface area contributed by atoms with Crippen LogP contribution in [0.2, 0.25) is 0 Å². The Morgan fingerprint density at radius 2 is 2.00 bits per heavy atom. The van der Waals surface area contributed by atoms with Crippen molar-refractivity contribution in [3.8, 4) is 11.4 Å². The highest BCUT2D eigenvalue weighted by molar-refractivity contribution is 14.1. The van der Waals surface area contributed by atoms with Crippen LogP contribution < -0.4 is 5.32 Å². The van der Waals surface area contributed by atoms with Crippen LogP contribution in [0, 0.1) is 23.2 Å². The number of hydrogen-bond acceptors (Lipinski definition) is 3. The van der Waals surface area contributed by atoms with Gasteiger partial charge in [-0.25, -0.2) is 14.4 Å². The zero-order valence-corrected chi connectivity index (χ0v) is 13.2. The number of nitrogens with zero attached hydrogens (tertiary/aromatic N) is 2. The molecule has 0 atom stereocenters. The Hall–Kier alpha value is -1.24. The molecule has 1 N–H and O–H groups in total. The van der Waals surface area contributed by atoms with Crippen LogP contribution in [0.15, 0.2) is 18.2 Å². The molecule has 1 aromatic heterocycles. The number of halogens is 2. The first-order valence-corrected chi connectivity index (χ1v) is 7.15. The molecule has 0 bridgehead atoms. The third-order valence-corrected chi connectivity index (χ3v) is 4.07. The highest BCUT2D eigenvalue weighted by atomic mass is 127. The summed E-state index contributed by atoms with van der Waals surface area (Å²) >= 11 is 2.23. The molecule has 0 aliphatic heterocycles.